The predicted molar refractivity (Wildman–Crippen MR) is 217 cm³/mol. The molecule has 3 rings (SSSR count). The molecule has 2 aliphatic heterocycles. The molecular formula is C40H71N3O8PSi+. The first-order valence-corrected chi connectivity index (χ1v) is 25.2. The first kappa shape index (κ1) is 45.3. The van der Waals surface area contributed by atoms with Gasteiger partial charge in [0.2, 0.25) is 14.2 Å². The molecule has 1 aromatic heterocycles. The average Bonchev–Trinajstić information content (AvgIpc) is 3.64. The van der Waals surface area contributed by atoms with Gasteiger partial charge < -0.3 is 23.9 Å². The molecule has 1 aromatic rings. The zero-order chi connectivity index (χ0) is 39.3. The van der Waals surface area contributed by atoms with Crippen LogP contribution in [0.15, 0.2) is 33.6 Å². The Hall–Kier alpha value is -2.11. The fourth-order valence-corrected chi connectivity index (χ4v) is 19.5. The summed E-state index contributed by atoms with van der Waals surface area (Å²) in [5.74, 6) is -0.421. The lowest BCUT2D eigenvalue weighted by atomic mass is 10.1. The maximum atomic E-state index is 13.7. The van der Waals surface area contributed by atoms with Crippen molar-refractivity contribution in [1.82, 2.24) is 14.5 Å². The van der Waals surface area contributed by atoms with E-state index in [-0.39, 0.29) is 29.0 Å². The Morgan fingerprint density at radius 1 is 0.925 bits per heavy atom. The van der Waals surface area contributed by atoms with Gasteiger partial charge in [0.25, 0.3) is 5.56 Å². The number of aliphatic hydroxyl groups is 1. The van der Waals surface area contributed by atoms with Gasteiger partial charge in [-0.05, 0) is 48.7 Å². The molecule has 0 aliphatic carbocycles. The maximum Gasteiger partial charge on any atom is 0.330 e. The predicted octanol–water partition coefficient (Wildman–Crippen LogP) is 7.60. The summed E-state index contributed by atoms with van der Waals surface area (Å²) in [5.41, 5.74) is 0.163. The summed E-state index contributed by atoms with van der Waals surface area (Å²) < 4.78 is 20.7. The quantitative estimate of drug-likeness (QED) is 0.0658. The number of ether oxygens (including phenoxy) is 2. The summed E-state index contributed by atoms with van der Waals surface area (Å²) in [6.45, 7) is 19.9. The van der Waals surface area contributed by atoms with Crippen molar-refractivity contribution in [3.8, 4) is 0 Å². The van der Waals surface area contributed by atoms with Crippen LogP contribution < -0.4 is 11.2 Å². The molecule has 0 bridgehead atoms. The van der Waals surface area contributed by atoms with Gasteiger partial charge >= 0.3 is 11.7 Å². The van der Waals surface area contributed by atoms with Crippen LogP contribution in [-0.4, -0.2) is 95.9 Å². The van der Waals surface area contributed by atoms with Crippen LogP contribution >= 0.6 is 7.26 Å². The number of hydrogen-bond donors (Lipinski definition) is 2. The summed E-state index contributed by atoms with van der Waals surface area (Å²) in [6, 6.07) is 1.23. The van der Waals surface area contributed by atoms with E-state index in [1.807, 2.05) is 11.0 Å². The average molecular weight is 781 g/mol. The molecule has 0 saturated carbocycles. The van der Waals surface area contributed by atoms with E-state index in [9.17, 15) is 24.3 Å². The van der Waals surface area contributed by atoms with E-state index in [1.54, 1.807) is 0 Å². The van der Waals surface area contributed by atoms with Crippen LogP contribution in [0, 0.1) is 0 Å². The fourth-order valence-electron chi connectivity index (χ4n) is 8.88. The number of carbonyl (C=O) groups excluding carboxylic acids is 2. The highest BCUT2D eigenvalue weighted by molar-refractivity contribution is 7.75. The number of likely N-dealkylation sites (tertiary alicyclic amines) is 1. The Bertz CT molecular complexity index is 1420. The van der Waals surface area contributed by atoms with Crippen LogP contribution in [0.25, 0.3) is 0 Å². The molecule has 11 nitrogen and oxygen atoms in total. The van der Waals surface area contributed by atoms with Gasteiger partial charge in [-0.3, -0.25) is 23.9 Å². The van der Waals surface area contributed by atoms with Crippen molar-refractivity contribution < 1.29 is 28.6 Å². The van der Waals surface area contributed by atoms with Gasteiger partial charge in [0.1, 0.15) is 12.2 Å². The van der Waals surface area contributed by atoms with Gasteiger partial charge in [-0.25, -0.2) is 4.79 Å². The third-order valence-corrected chi connectivity index (χ3v) is 22.8. The number of hydrogen-bond acceptors (Lipinski definition) is 8. The molecule has 0 spiro atoms. The van der Waals surface area contributed by atoms with Gasteiger partial charge in [-0.15, -0.1) is 0 Å². The third-order valence-electron chi connectivity index (χ3n) is 11.6. The lowest BCUT2D eigenvalue weighted by Crippen LogP contribution is -2.54. The minimum Gasteiger partial charge on any atom is -0.456 e. The molecule has 1 unspecified atom stereocenters. The number of rotatable bonds is 23. The van der Waals surface area contributed by atoms with Crippen LogP contribution in [0.5, 0.6) is 0 Å². The summed E-state index contributed by atoms with van der Waals surface area (Å²) in [5, 5.41) is 10.5. The van der Waals surface area contributed by atoms with Crippen molar-refractivity contribution in [2.45, 2.75) is 168 Å². The smallest absolute Gasteiger partial charge is 0.330 e. The van der Waals surface area contributed by atoms with E-state index in [4.69, 9.17) is 13.9 Å². The second-order valence-corrected chi connectivity index (χ2v) is 26.1. The van der Waals surface area contributed by atoms with E-state index < -0.39 is 63.9 Å². The van der Waals surface area contributed by atoms with E-state index in [0.717, 1.165) is 12.1 Å². The number of unbranched alkanes of at least 4 members (excludes halogenated alkanes) is 3. The molecule has 2 N–H and O–H groups in total. The maximum absolute atomic E-state index is 13.7. The highest BCUT2D eigenvalue weighted by atomic mass is 31.2. The van der Waals surface area contributed by atoms with Crippen molar-refractivity contribution >= 4 is 27.5 Å². The Morgan fingerprint density at radius 3 is 2.00 bits per heavy atom. The van der Waals surface area contributed by atoms with Crippen LogP contribution in [0.4, 0.5) is 0 Å². The molecule has 4 atom stereocenters. The van der Waals surface area contributed by atoms with E-state index in [0.29, 0.717) is 19.4 Å². The van der Waals surface area contributed by atoms with Crippen molar-refractivity contribution in [3.63, 3.8) is 0 Å². The second-order valence-electron chi connectivity index (χ2n) is 16.2. The van der Waals surface area contributed by atoms with Crippen LogP contribution in [0.1, 0.15) is 133 Å². The lowest BCUT2D eigenvalue weighted by Gasteiger charge is -2.45. The highest BCUT2D eigenvalue weighted by Crippen LogP contribution is 2.61. The van der Waals surface area contributed by atoms with E-state index >= 15 is 0 Å². The normalized spacial score (nSPS) is 21.9. The number of amides is 1. The molecule has 13 heteroatoms. The van der Waals surface area contributed by atoms with Crippen molar-refractivity contribution in [2.75, 3.05) is 37.8 Å². The Balaban J connectivity index is 1.84. The molecule has 2 fully saturated rings. The summed E-state index contributed by atoms with van der Waals surface area (Å²) in [6.07, 6.45) is 14.0. The molecule has 2 saturated heterocycles. The van der Waals surface area contributed by atoms with Gasteiger partial charge in [0, 0.05) is 38.2 Å². The molecule has 3 heterocycles. The molecule has 0 radical (unpaired) electrons. The van der Waals surface area contributed by atoms with E-state index in [2.05, 4.69) is 67.3 Å². The minimum atomic E-state index is -2.63. The van der Waals surface area contributed by atoms with Crippen molar-refractivity contribution in [3.05, 3.63) is 44.9 Å². The zero-order valence-electron chi connectivity index (χ0n) is 34.2. The number of allylic oxidation sites excluding steroid dienone is 1. The monoisotopic (exact) mass is 780 g/mol. The highest BCUT2D eigenvalue weighted by Gasteiger charge is 2.55. The SMILES string of the molecule is CCCC[P+](CCCC)(CCCC)CCCN1C(=O)CCC1=CCC(=O)O[C@@H]1C(O[Si](C(C)C)(C(C)C)C(C)C)[C@H](n2ccc(=O)[nH]c2=O)O[C@@H]1CO. The summed E-state index contributed by atoms with van der Waals surface area (Å²) in [7, 11) is -3.72. The Morgan fingerprint density at radius 2 is 1.49 bits per heavy atom. The molecule has 53 heavy (non-hydrogen) atoms. The largest absolute Gasteiger partial charge is 0.456 e. The van der Waals surface area contributed by atoms with E-state index in [1.165, 1.54) is 80.0 Å². The van der Waals surface area contributed by atoms with Crippen molar-refractivity contribution in [1.29, 1.82) is 0 Å². The molecule has 0 aromatic carbocycles. The number of aromatic nitrogens is 2. The van der Waals surface area contributed by atoms with Crippen LogP contribution in [-0.2, 0) is 23.5 Å². The summed E-state index contributed by atoms with van der Waals surface area (Å²) in [4.78, 5) is 55.9. The Kier molecular flexibility index (Phi) is 18.2. The first-order chi connectivity index (χ1) is 25.2. The third kappa shape index (κ3) is 11.5. The second kappa shape index (κ2) is 21.3. The van der Waals surface area contributed by atoms with Gasteiger partial charge in [0.15, 0.2) is 12.3 Å². The standard InChI is InChI=1S/C40H70N3O8PSi/c1-10-13-24-52(25-14-11-2,26-15-12-3)27-16-22-42-32(17-19-35(42)46)18-20-36(47)50-37-33(28-44)49-39(43-23-21-34(45)41-40(43)48)38(37)51-53(29(4)5,30(6)7)31(8)9/h18,21,23,29-31,33,37-39,44H,10-17,19-20,22,24-28H2,1-9H3/p+1/t33-,37+,38?,39-/m1/s1. The van der Waals surface area contributed by atoms with Gasteiger partial charge in [0.05, 0.1) is 37.7 Å². The number of nitrogens with zero attached hydrogens (tertiary/aromatic N) is 2. The number of carbonyl (C=O) groups is 2. The number of nitrogens with one attached hydrogen (secondary N) is 1. The topological polar surface area (TPSA) is 140 Å². The molecular weight excluding hydrogens is 710 g/mol. The lowest BCUT2D eigenvalue weighted by molar-refractivity contribution is -0.155. The molecule has 302 valence electrons. The fraction of sp³-hybridized carbons (Fsp3) is 0.800. The molecule has 1 amide bonds. The number of aliphatic hydroxyl groups excluding tert-OH is 1. The minimum absolute atomic E-state index is 0.0503. The summed E-state index contributed by atoms with van der Waals surface area (Å²) >= 11 is 0. The Labute approximate surface area is 320 Å². The number of H-pyrrole nitrogens is 1. The van der Waals surface area contributed by atoms with Crippen LogP contribution in [0.2, 0.25) is 16.6 Å². The van der Waals surface area contributed by atoms with Gasteiger partial charge in [-0.2, -0.15) is 0 Å². The van der Waals surface area contributed by atoms with Crippen LogP contribution in [0.3, 0.4) is 0 Å². The number of aromatic amines is 1. The number of esters is 1. The zero-order valence-corrected chi connectivity index (χ0v) is 36.1. The van der Waals surface area contributed by atoms with Gasteiger partial charge in [-0.1, -0.05) is 87.7 Å². The van der Waals surface area contributed by atoms with Crippen molar-refractivity contribution in [2.24, 2.45) is 0 Å². The first-order valence-electron chi connectivity index (χ1n) is 20.5. The molecule has 2 aliphatic rings.